The first-order chi connectivity index (χ1) is 11.5. The van der Waals surface area contributed by atoms with Crippen molar-refractivity contribution in [3.8, 4) is 11.1 Å². The van der Waals surface area contributed by atoms with Crippen LogP contribution in [0.2, 0.25) is 0 Å². The Morgan fingerprint density at radius 2 is 1.71 bits per heavy atom. The zero-order valence-electron chi connectivity index (χ0n) is 13.9. The number of hydrogen-bond acceptors (Lipinski definition) is 0. The van der Waals surface area contributed by atoms with Crippen molar-refractivity contribution in [2.75, 3.05) is 0 Å². The van der Waals surface area contributed by atoms with E-state index in [0.29, 0.717) is 0 Å². The van der Waals surface area contributed by atoms with Gasteiger partial charge in [0.2, 0.25) is 0 Å². The monoisotopic (exact) mass is 389 g/mol. The van der Waals surface area contributed by atoms with Gasteiger partial charge in [0.25, 0.3) is 0 Å². The average Bonchev–Trinajstić information content (AvgIpc) is 3.21. The molecule has 3 heteroatoms. The predicted molar refractivity (Wildman–Crippen MR) is 104 cm³/mol. The Balaban J connectivity index is 2.04. The fourth-order valence-electron chi connectivity index (χ4n) is 3.73. The van der Waals surface area contributed by atoms with Gasteiger partial charge < -0.3 is 0 Å². The number of rotatable bonds is 2. The molecule has 0 radical (unpaired) electrons. The first-order valence-corrected chi connectivity index (χ1v) is 14.1. The summed E-state index contributed by atoms with van der Waals surface area (Å²) >= 11 is -3.26. The molecule has 0 spiro atoms. The van der Waals surface area contributed by atoms with Crippen molar-refractivity contribution in [3.05, 3.63) is 71.3 Å². The average molecular weight is 390 g/mol. The zero-order valence-corrected chi connectivity index (χ0v) is 16.9. The summed E-state index contributed by atoms with van der Waals surface area (Å²) in [6.45, 7) is 4.18. The van der Waals surface area contributed by atoms with Crippen LogP contribution in [0.3, 0.4) is 0 Å². The van der Waals surface area contributed by atoms with Crippen LogP contribution in [-0.2, 0) is 20.4 Å². The van der Waals surface area contributed by atoms with Gasteiger partial charge in [-0.25, -0.2) is 0 Å². The Morgan fingerprint density at radius 1 is 0.958 bits per heavy atom. The molecule has 2 aliphatic carbocycles. The molecule has 0 fully saturated rings. The molecule has 0 saturated carbocycles. The number of allylic oxidation sites excluding steroid dienone is 4. The SMILES string of the molecule is C[C](C)=[Ti]([Cl])([Cl])[c]1c(C2=CC=CC2)ccc2c1Cc1ccccc1-2. The van der Waals surface area contributed by atoms with E-state index < -0.39 is 14.0 Å². The van der Waals surface area contributed by atoms with Gasteiger partial charge >= 0.3 is 155 Å². The Bertz CT molecular complexity index is 954. The van der Waals surface area contributed by atoms with E-state index >= 15 is 0 Å². The Hall–Kier alpha value is -0.916. The van der Waals surface area contributed by atoms with E-state index in [2.05, 4.69) is 68.5 Å². The summed E-state index contributed by atoms with van der Waals surface area (Å²) in [6, 6.07) is 13.1. The van der Waals surface area contributed by atoms with Crippen LogP contribution in [0, 0.1) is 0 Å². The Labute approximate surface area is 154 Å². The molecule has 2 aromatic carbocycles. The maximum atomic E-state index is 7.07. The number of benzene rings is 2. The molecule has 121 valence electrons. The maximum absolute atomic E-state index is 7.07. The zero-order chi connectivity index (χ0) is 16.9. The third kappa shape index (κ3) is 2.52. The van der Waals surface area contributed by atoms with E-state index in [9.17, 15) is 0 Å². The molecule has 0 aromatic heterocycles. The van der Waals surface area contributed by atoms with Crippen LogP contribution >= 0.6 is 18.6 Å². The van der Waals surface area contributed by atoms with Crippen LogP contribution in [0.4, 0.5) is 0 Å². The predicted octanol–water partition coefficient (Wildman–Crippen LogP) is 5.90. The van der Waals surface area contributed by atoms with Crippen molar-refractivity contribution < 1.29 is 14.0 Å². The minimum absolute atomic E-state index is 0.940. The molecular weight excluding hydrogens is 371 g/mol. The molecule has 4 rings (SSSR count). The van der Waals surface area contributed by atoms with Gasteiger partial charge in [-0.05, 0) is 0 Å². The van der Waals surface area contributed by atoms with E-state index in [4.69, 9.17) is 18.6 Å². The molecule has 0 atom stereocenters. The molecule has 24 heavy (non-hydrogen) atoms. The van der Waals surface area contributed by atoms with Crippen LogP contribution in [0.15, 0.2) is 54.6 Å². The topological polar surface area (TPSA) is 0 Å². The van der Waals surface area contributed by atoms with E-state index in [1.807, 2.05) is 0 Å². The summed E-state index contributed by atoms with van der Waals surface area (Å²) < 4.78 is 2.44. The fourth-order valence-corrected chi connectivity index (χ4v) is 8.14. The van der Waals surface area contributed by atoms with E-state index in [0.717, 1.165) is 12.8 Å². The summed E-state index contributed by atoms with van der Waals surface area (Å²) in [4.78, 5) is 0. The second-order valence-corrected chi connectivity index (χ2v) is 16.4. The van der Waals surface area contributed by atoms with E-state index in [1.165, 1.54) is 41.1 Å². The van der Waals surface area contributed by atoms with Crippen molar-refractivity contribution in [1.82, 2.24) is 0 Å². The molecule has 0 N–H and O–H groups in total. The van der Waals surface area contributed by atoms with Gasteiger partial charge in [0.15, 0.2) is 0 Å². The summed E-state index contributed by atoms with van der Waals surface area (Å²) in [7, 11) is 14.1. The first-order valence-electron chi connectivity index (χ1n) is 8.29. The van der Waals surface area contributed by atoms with Crippen molar-refractivity contribution >= 4 is 31.9 Å². The Kier molecular flexibility index (Phi) is 4.21. The third-order valence-corrected chi connectivity index (χ3v) is 13.6. The molecule has 0 aliphatic heterocycles. The molecule has 2 aromatic rings. The van der Waals surface area contributed by atoms with Gasteiger partial charge in [0.1, 0.15) is 0 Å². The van der Waals surface area contributed by atoms with Crippen molar-refractivity contribution in [1.29, 1.82) is 0 Å². The van der Waals surface area contributed by atoms with Crippen LogP contribution in [-0.4, -0.2) is 3.81 Å². The summed E-state index contributed by atoms with van der Waals surface area (Å²) in [6.07, 6.45) is 8.43. The van der Waals surface area contributed by atoms with Crippen LogP contribution in [0.25, 0.3) is 16.7 Å². The van der Waals surface area contributed by atoms with Gasteiger partial charge in [-0.1, -0.05) is 0 Å². The second kappa shape index (κ2) is 6.11. The van der Waals surface area contributed by atoms with Crippen LogP contribution < -0.4 is 3.87 Å². The number of hydrogen-bond donors (Lipinski definition) is 0. The molecular formula is C21H19Cl2Ti. The van der Waals surface area contributed by atoms with Gasteiger partial charge in [0, 0.05) is 0 Å². The quantitative estimate of drug-likeness (QED) is 0.478. The van der Waals surface area contributed by atoms with Crippen LogP contribution in [0.1, 0.15) is 37.0 Å². The standard InChI is InChI=1S/C18H13.C3H6.2ClH.Ti/c1-2-6-13(5-1)14-9-10-18-16(11-14)12-15-7-3-4-8-17(15)18;1-3-2;;;/h1-5,7-10H,6,12H2;1-2H3;2*1H;/q;;;;+2/p-2. The van der Waals surface area contributed by atoms with Crippen LogP contribution in [0.5, 0.6) is 0 Å². The number of halogens is 2. The van der Waals surface area contributed by atoms with Crippen molar-refractivity contribution in [2.45, 2.75) is 26.7 Å². The van der Waals surface area contributed by atoms with Crippen molar-refractivity contribution in [2.24, 2.45) is 0 Å². The summed E-state index contributed by atoms with van der Waals surface area (Å²) in [5.41, 5.74) is 7.98. The van der Waals surface area contributed by atoms with E-state index in [-0.39, 0.29) is 0 Å². The van der Waals surface area contributed by atoms with E-state index in [1.54, 1.807) is 0 Å². The molecule has 0 nitrogen and oxygen atoms in total. The molecule has 0 bridgehead atoms. The fraction of sp³-hybridized carbons (Fsp3) is 0.190. The van der Waals surface area contributed by atoms with Gasteiger partial charge in [-0.2, -0.15) is 0 Å². The number of fused-ring (bicyclic) bond motifs is 3. The second-order valence-electron chi connectivity index (χ2n) is 6.75. The first kappa shape index (κ1) is 16.5. The molecule has 2 aliphatic rings. The van der Waals surface area contributed by atoms with Gasteiger partial charge in [-0.3, -0.25) is 0 Å². The molecule has 0 heterocycles. The minimum atomic E-state index is -3.26. The normalized spacial score (nSPS) is 15.2. The molecule has 0 saturated heterocycles. The summed E-state index contributed by atoms with van der Waals surface area (Å²) in [5, 5.41) is 0. The van der Waals surface area contributed by atoms with Crippen molar-refractivity contribution in [3.63, 3.8) is 0 Å². The molecule has 0 amide bonds. The van der Waals surface area contributed by atoms with Gasteiger partial charge in [-0.15, -0.1) is 0 Å². The molecule has 0 unspecified atom stereocenters. The third-order valence-electron chi connectivity index (χ3n) is 5.05. The van der Waals surface area contributed by atoms with Gasteiger partial charge in [0.05, 0.1) is 0 Å². The summed E-state index contributed by atoms with van der Waals surface area (Å²) in [5.74, 6) is 0. The Morgan fingerprint density at radius 3 is 2.42 bits per heavy atom.